The van der Waals surface area contributed by atoms with Crippen molar-refractivity contribution in [2.24, 2.45) is 0 Å². The number of phenols is 1. The van der Waals surface area contributed by atoms with Gasteiger partial charge in [0.15, 0.2) is 0 Å². The van der Waals surface area contributed by atoms with Gasteiger partial charge in [0.05, 0.1) is 0 Å². The lowest BCUT2D eigenvalue weighted by Gasteiger charge is -2.20. The van der Waals surface area contributed by atoms with E-state index in [9.17, 15) is 20.1 Å². The Kier molecular flexibility index (Phi) is 5.70. The number of para-hydroxylation sites is 1. The van der Waals surface area contributed by atoms with Crippen LogP contribution < -0.4 is 5.32 Å². The predicted molar refractivity (Wildman–Crippen MR) is 112 cm³/mol. The molecule has 0 bridgehead atoms. The van der Waals surface area contributed by atoms with Crippen molar-refractivity contribution in [2.45, 2.75) is 18.1 Å². The summed E-state index contributed by atoms with van der Waals surface area (Å²) in [6.07, 6.45) is -3.31. The van der Waals surface area contributed by atoms with E-state index >= 15 is 0 Å². The van der Waals surface area contributed by atoms with Gasteiger partial charge >= 0.3 is 6.09 Å². The number of aliphatic hydroxyl groups is 2. The summed E-state index contributed by atoms with van der Waals surface area (Å²) in [4.78, 5) is 12.2. The number of aliphatic hydroxyl groups excluding tert-OH is 2. The van der Waals surface area contributed by atoms with Crippen LogP contribution in [0.5, 0.6) is 5.75 Å². The Morgan fingerprint density at radius 2 is 1.47 bits per heavy atom. The van der Waals surface area contributed by atoms with Crippen molar-refractivity contribution in [3.05, 3.63) is 89.5 Å². The van der Waals surface area contributed by atoms with Crippen molar-refractivity contribution < 1.29 is 24.9 Å². The van der Waals surface area contributed by atoms with Crippen LogP contribution in [0.15, 0.2) is 72.8 Å². The molecule has 0 saturated carbocycles. The van der Waals surface area contributed by atoms with Crippen molar-refractivity contribution in [1.82, 2.24) is 5.32 Å². The number of carbonyl (C=O) groups excluding carboxylic acids is 1. The Balaban J connectivity index is 1.35. The maximum absolute atomic E-state index is 12.2. The standard InChI is InChI=1S/C24H23NO5/c26-21-12-6-5-11-19(21)23(28)22(27)13-25-24(29)30-14-20-17-9-3-1-7-15(17)16-8-2-4-10-18(16)20/h1-12,20,22-23,26-28H,13-14H2,(H,25,29). The molecule has 0 fully saturated rings. The number of benzene rings is 3. The molecule has 30 heavy (non-hydrogen) atoms. The zero-order chi connectivity index (χ0) is 21.1. The van der Waals surface area contributed by atoms with Gasteiger partial charge in [0, 0.05) is 18.0 Å². The summed E-state index contributed by atoms with van der Waals surface area (Å²) < 4.78 is 5.41. The highest BCUT2D eigenvalue weighted by atomic mass is 16.5. The molecule has 0 saturated heterocycles. The summed E-state index contributed by atoms with van der Waals surface area (Å²) in [5, 5.41) is 32.6. The molecule has 3 aromatic carbocycles. The lowest BCUT2D eigenvalue weighted by Crippen LogP contribution is -2.36. The number of rotatable bonds is 6. The summed E-state index contributed by atoms with van der Waals surface area (Å²) >= 11 is 0. The molecule has 6 nitrogen and oxygen atoms in total. The molecular weight excluding hydrogens is 382 g/mol. The van der Waals surface area contributed by atoms with Gasteiger partial charge in [-0.2, -0.15) is 0 Å². The molecule has 0 heterocycles. The molecule has 2 unspecified atom stereocenters. The molecule has 4 rings (SSSR count). The molecule has 3 aromatic rings. The minimum Gasteiger partial charge on any atom is -0.508 e. The summed E-state index contributed by atoms with van der Waals surface area (Å²) in [5.41, 5.74) is 4.70. The monoisotopic (exact) mass is 405 g/mol. The quantitative estimate of drug-likeness (QED) is 0.504. The fraction of sp³-hybridized carbons (Fsp3) is 0.208. The Morgan fingerprint density at radius 3 is 2.10 bits per heavy atom. The van der Waals surface area contributed by atoms with Crippen molar-refractivity contribution >= 4 is 6.09 Å². The fourth-order valence-electron chi connectivity index (χ4n) is 3.89. The van der Waals surface area contributed by atoms with E-state index in [1.165, 1.54) is 12.1 Å². The Bertz CT molecular complexity index is 1010. The largest absolute Gasteiger partial charge is 0.508 e. The third-order valence-corrected chi connectivity index (χ3v) is 5.42. The molecule has 2 atom stereocenters. The number of hydrogen-bond acceptors (Lipinski definition) is 5. The SMILES string of the molecule is O=C(NCC(O)C(O)c1ccccc1O)OCC1c2ccccc2-c2ccccc21. The lowest BCUT2D eigenvalue weighted by molar-refractivity contribution is 0.0173. The van der Waals surface area contributed by atoms with Gasteiger partial charge in [0.2, 0.25) is 0 Å². The molecule has 0 spiro atoms. The van der Waals surface area contributed by atoms with E-state index in [1.54, 1.807) is 12.1 Å². The first-order valence-corrected chi connectivity index (χ1v) is 9.79. The molecule has 4 N–H and O–H groups in total. The van der Waals surface area contributed by atoms with Crippen molar-refractivity contribution in [1.29, 1.82) is 0 Å². The highest BCUT2D eigenvalue weighted by molar-refractivity contribution is 5.79. The smallest absolute Gasteiger partial charge is 0.407 e. The Morgan fingerprint density at radius 1 is 0.900 bits per heavy atom. The molecule has 154 valence electrons. The average molecular weight is 405 g/mol. The molecule has 6 heteroatoms. The van der Waals surface area contributed by atoms with E-state index in [1.807, 2.05) is 36.4 Å². The van der Waals surface area contributed by atoms with Crippen LogP contribution in [0, 0.1) is 0 Å². The fourth-order valence-corrected chi connectivity index (χ4v) is 3.89. The highest BCUT2D eigenvalue weighted by Crippen LogP contribution is 2.44. The van der Waals surface area contributed by atoms with Crippen LogP contribution in [0.1, 0.15) is 28.7 Å². The maximum atomic E-state index is 12.2. The normalized spacial score (nSPS) is 14.5. The average Bonchev–Trinajstić information content (AvgIpc) is 3.09. The van der Waals surface area contributed by atoms with Gasteiger partial charge in [-0.05, 0) is 28.3 Å². The lowest BCUT2D eigenvalue weighted by atomic mass is 9.98. The van der Waals surface area contributed by atoms with E-state index in [-0.39, 0.29) is 30.4 Å². The first kappa shape index (κ1) is 19.9. The van der Waals surface area contributed by atoms with E-state index in [4.69, 9.17) is 4.74 Å². The minimum absolute atomic E-state index is 0.0556. The van der Waals surface area contributed by atoms with Crippen LogP contribution in [0.2, 0.25) is 0 Å². The van der Waals surface area contributed by atoms with Gasteiger partial charge in [-0.25, -0.2) is 4.79 Å². The molecule has 1 aliphatic rings. The zero-order valence-electron chi connectivity index (χ0n) is 16.2. The van der Waals surface area contributed by atoms with Crippen molar-refractivity contribution in [3.8, 4) is 16.9 Å². The molecular formula is C24H23NO5. The number of amides is 1. The van der Waals surface area contributed by atoms with Gasteiger partial charge in [0.25, 0.3) is 0 Å². The number of alkyl carbamates (subject to hydrolysis) is 1. The number of fused-ring (bicyclic) bond motifs is 3. The minimum atomic E-state index is -1.33. The van der Waals surface area contributed by atoms with Crippen LogP contribution in [0.4, 0.5) is 4.79 Å². The molecule has 1 amide bonds. The van der Waals surface area contributed by atoms with E-state index in [2.05, 4.69) is 17.4 Å². The third kappa shape index (κ3) is 3.87. The maximum Gasteiger partial charge on any atom is 0.407 e. The molecule has 1 aliphatic carbocycles. The molecule has 0 aliphatic heterocycles. The van der Waals surface area contributed by atoms with Crippen LogP contribution in [0.3, 0.4) is 0 Å². The predicted octanol–water partition coefficient (Wildman–Crippen LogP) is 3.33. The van der Waals surface area contributed by atoms with E-state index in [0.717, 1.165) is 22.3 Å². The van der Waals surface area contributed by atoms with Crippen LogP contribution >= 0.6 is 0 Å². The molecule has 0 radical (unpaired) electrons. The Labute approximate surface area is 174 Å². The van der Waals surface area contributed by atoms with Crippen LogP contribution in [0.25, 0.3) is 11.1 Å². The summed E-state index contributed by atoms with van der Waals surface area (Å²) in [6, 6.07) is 22.3. The van der Waals surface area contributed by atoms with Gasteiger partial charge in [0.1, 0.15) is 24.6 Å². The zero-order valence-corrected chi connectivity index (χ0v) is 16.2. The number of aromatic hydroxyl groups is 1. The second kappa shape index (κ2) is 8.57. The van der Waals surface area contributed by atoms with Crippen molar-refractivity contribution in [3.63, 3.8) is 0 Å². The number of ether oxygens (including phenoxy) is 1. The Hall–Kier alpha value is -3.35. The number of phenolic OH excluding ortho intramolecular Hbond substituents is 1. The van der Waals surface area contributed by atoms with Gasteiger partial charge < -0.3 is 25.4 Å². The topological polar surface area (TPSA) is 99.0 Å². The first-order chi connectivity index (χ1) is 14.6. The highest BCUT2D eigenvalue weighted by Gasteiger charge is 2.29. The first-order valence-electron chi connectivity index (χ1n) is 9.79. The van der Waals surface area contributed by atoms with Crippen LogP contribution in [-0.2, 0) is 4.74 Å². The van der Waals surface area contributed by atoms with Gasteiger partial charge in [-0.15, -0.1) is 0 Å². The van der Waals surface area contributed by atoms with Gasteiger partial charge in [-0.3, -0.25) is 0 Å². The third-order valence-electron chi connectivity index (χ3n) is 5.42. The number of hydrogen-bond donors (Lipinski definition) is 4. The second-order valence-electron chi connectivity index (χ2n) is 7.28. The van der Waals surface area contributed by atoms with E-state index < -0.39 is 18.3 Å². The second-order valence-corrected chi connectivity index (χ2v) is 7.28. The number of nitrogens with one attached hydrogen (secondary N) is 1. The van der Waals surface area contributed by atoms with Gasteiger partial charge in [-0.1, -0.05) is 66.7 Å². The summed E-state index contributed by atoms with van der Waals surface area (Å²) in [6.45, 7) is -0.0514. The number of carbonyl (C=O) groups is 1. The summed E-state index contributed by atoms with van der Waals surface area (Å²) in [5.74, 6) is -0.176. The molecule has 0 aromatic heterocycles. The van der Waals surface area contributed by atoms with Crippen LogP contribution in [-0.4, -0.2) is 40.7 Å². The van der Waals surface area contributed by atoms with E-state index in [0.29, 0.717) is 0 Å². The van der Waals surface area contributed by atoms with Crippen molar-refractivity contribution in [2.75, 3.05) is 13.2 Å². The summed E-state index contributed by atoms with van der Waals surface area (Å²) in [7, 11) is 0.